The standard InChI is InChI=1S/C12H16N2O2.ClH/c13-12(15)9-2-1-3-11(8-9)16-10-4-6-14-7-5-10;/h1-3,8,10,14H,4-7H2,(H2,13,15);1H. The van der Waals surface area contributed by atoms with Crippen molar-refractivity contribution in [2.75, 3.05) is 13.1 Å². The molecule has 3 N–H and O–H groups in total. The van der Waals surface area contributed by atoms with Crippen molar-refractivity contribution in [1.82, 2.24) is 5.32 Å². The van der Waals surface area contributed by atoms with E-state index in [1.54, 1.807) is 18.2 Å². The first-order valence-corrected chi connectivity index (χ1v) is 5.53. The molecule has 0 bridgehead atoms. The van der Waals surface area contributed by atoms with Gasteiger partial charge in [0, 0.05) is 5.56 Å². The Kier molecular flexibility index (Phi) is 5.25. The first-order chi connectivity index (χ1) is 7.75. The van der Waals surface area contributed by atoms with Gasteiger partial charge in [-0.3, -0.25) is 4.79 Å². The Morgan fingerprint density at radius 1 is 1.35 bits per heavy atom. The van der Waals surface area contributed by atoms with Gasteiger partial charge in [0.2, 0.25) is 5.91 Å². The summed E-state index contributed by atoms with van der Waals surface area (Å²) in [5.74, 6) is 0.305. The minimum atomic E-state index is -0.421. The minimum Gasteiger partial charge on any atom is -0.490 e. The van der Waals surface area contributed by atoms with Gasteiger partial charge in [-0.15, -0.1) is 12.4 Å². The molecule has 1 aliphatic heterocycles. The molecule has 1 saturated heterocycles. The van der Waals surface area contributed by atoms with Crippen molar-refractivity contribution in [3.63, 3.8) is 0 Å². The number of benzene rings is 1. The van der Waals surface area contributed by atoms with Gasteiger partial charge in [0.25, 0.3) is 0 Å². The fraction of sp³-hybridized carbons (Fsp3) is 0.417. The Morgan fingerprint density at radius 2 is 2.06 bits per heavy atom. The van der Waals surface area contributed by atoms with Gasteiger partial charge < -0.3 is 15.8 Å². The number of piperidine rings is 1. The number of carbonyl (C=O) groups excluding carboxylic acids is 1. The molecular weight excluding hydrogens is 240 g/mol. The number of amides is 1. The molecule has 1 amide bonds. The monoisotopic (exact) mass is 256 g/mol. The molecule has 1 heterocycles. The van der Waals surface area contributed by atoms with Crippen molar-refractivity contribution in [3.8, 4) is 5.75 Å². The second-order valence-electron chi connectivity index (χ2n) is 3.96. The second kappa shape index (κ2) is 6.47. The van der Waals surface area contributed by atoms with Crippen molar-refractivity contribution >= 4 is 18.3 Å². The molecule has 0 saturated carbocycles. The molecule has 0 aliphatic carbocycles. The molecular formula is C12H17ClN2O2. The Bertz CT molecular complexity index is 379. The highest BCUT2D eigenvalue weighted by Gasteiger charge is 2.14. The average molecular weight is 257 g/mol. The van der Waals surface area contributed by atoms with Crippen LogP contribution in [-0.2, 0) is 0 Å². The van der Waals surface area contributed by atoms with Gasteiger partial charge in [0.1, 0.15) is 11.9 Å². The topological polar surface area (TPSA) is 64.4 Å². The van der Waals surface area contributed by atoms with E-state index in [0.29, 0.717) is 5.56 Å². The third-order valence-electron chi connectivity index (χ3n) is 2.71. The number of primary amides is 1. The SMILES string of the molecule is Cl.NC(=O)c1cccc(OC2CCNCC2)c1. The number of ether oxygens (including phenoxy) is 1. The van der Waals surface area contributed by atoms with Crippen molar-refractivity contribution in [2.24, 2.45) is 5.73 Å². The maximum Gasteiger partial charge on any atom is 0.248 e. The molecule has 1 aromatic rings. The Hall–Kier alpha value is -1.26. The minimum absolute atomic E-state index is 0. The van der Waals surface area contributed by atoms with E-state index < -0.39 is 5.91 Å². The highest BCUT2D eigenvalue weighted by atomic mass is 35.5. The summed E-state index contributed by atoms with van der Waals surface area (Å²) < 4.78 is 5.80. The predicted molar refractivity (Wildman–Crippen MR) is 68.7 cm³/mol. The molecule has 1 aromatic carbocycles. The zero-order valence-corrected chi connectivity index (χ0v) is 10.3. The van der Waals surface area contributed by atoms with Crippen LogP contribution in [0.25, 0.3) is 0 Å². The molecule has 0 spiro atoms. The van der Waals surface area contributed by atoms with Gasteiger partial charge in [-0.1, -0.05) is 6.07 Å². The quantitative estimate of drug-likeness (QED) is 0.858. The number of carbonyl (C=O) groups is 1. The maximum absolute atomic E-state index is 11.0. The van der Waals surface area contributed by atoms with Crippen LogP contribution in [0, 0.1) is 0 Å². The summed E-state index contributed by atoms with van der Waals surface area (Å²) in [4.78, 5) is 11.0. The molecule has 0 radical (unpaired) electrons. The van der Waals surface area contributed by atoms with E-state index in [1.165, 1.54) is 0 Å². The van der Waals surface area contributed by atoms with E-state index in [-0.39, 0.29) is 18.5 Å². The summed E-state index contributed by atoms with van der Waals surface area (Å²) >= 11 is 0. The second-order valence-corrected chi connectivity index (χ2v) is 3.96. The Morgan fingerprint density at radius 3 is 2.71 bits per heavy atom. The van der Waals surface area contributed by atoms with E-state index in [4.69, 9.17) is 10.5 Å². The van der Waals surface area contributed by atoms with Crippen molar-refractivity contribution < 1.29 is 9.53 Å². The zero-order chi connectivity index (χ0) is 11.4. The third kappa shape index (κ3) is 3.91. The van der Waals surface area contributed by atoms with E-state index in [1.807, 2.05) is 6.07 Å². The van der Waals surface area contributed by atoms with Crippen LogP contribution < -0.4 is 15.8 Å². The smallest absolute Gasteiger partial charge is 0.248 e. The van der Waals surface area contributed by atoms with E-state index in [9.17, 15) is 4.79 Å². The van der Waals surface area contributed by atoms with Crippen LogP contribution in [0.5, 0.6) is 5.75 Å². The molecule has 1 aliphatic rings. The highest BCUT2D eigenvalue weighted by molar-refractivity contribution is 5.93. The lowest BCUT2D eigenvalue weighted by Gasteiger charge is -2.23. The molecule has 5 heteroatoms. The molecule has 1 fully saturated rings. The van der Waals surface area contributed by atoms with Gasteiger partial charge in [-0.25, -0.2) is 0 Å². The van der Waals surface area contributed by atoms with E-state index in [2.05, 4.69) is 5.32 Å². The Labute approximate surface area is 107 Å². The van der Waals surface area contributed by atoms with Crippen molar-refractivity contribution in [2.45, 2.75) is 18.9 Å². The van der Waals surface area contributed by atoms with Gasteiger partial charge >= 0.3 is 0 Å². The Balaban J connectivity index is 0.00000144. The summed E-state index contributed by atoms with van der Waals surface area (Å²) in [7, 11) is 0. The van der Waals surface area contributed by atoms with Gasteiger partial charge in [-0.2, -0.15) is 0 Å². The molecule has 2 rings (SSSR count). The van der Waals surface area contributed by atoms with Gasteiger partial charge in [0.05, 0.1) is 0 Å². The van der Waals surface area contributed by atoms with Crippen LogP contribution in [0.1, 0.15) is 23.2 Å². The number of hydrogen-bond acceptors (Lipinski definition) is 3. The first-order valence-electron chi connectivity index (χ1n) is 5.53. The number of halogens is 1. The predicted octanol–water partition coefficient (Wildman–Crippen LogP) is 1.34. The summed E-state index contributed by atoms with van der Waals surface area (Å²) in [6.45, 7) is 1.97. The maximum atomic E-state index is 11.0. The first kappa shape index (κ1) is 13.8. The molecule has 17 heavy (non-hydrogen) atoms. The van der Waals surface area contributed by atoms with Crippen molar-refractivity contribution in [1.29, 1.82) is 0 Å². The summed E-state index contributed by atoms with van der Waals surface area (Å²) in [5, 5.41) is 3.28. The van der Waals surface area contributed by atoms with Gasteiger partial charge in [-0.05, 0) is 44.1 Å². The van der Waals surface area contributed by atoms with Gasteiger partial charge in [0.15, 0.2) is 0 Å². The third-order valence-corrected chi connectivity index (χ3v) is 2.71. The molecule has 4 nitrogen and oxygen atoms in total. The number of hydrogen-bond donors (Lipinski definition) is 2. The van der Waals surface area contributed by atoms with E-state index in [0.717, 1.165) is 31.7 Å². The molecule has 0 aromatic heterocycles. The molecule has 94 valence electrons. The molecule has 0 unspecified atom stereocenters. The normalized spacial score (nSPS) is 16.0. The summed E-state index contributed by atoms with van der Waals surface area (Å²) in [6, 6.07) is 7.03. The van der Waals surface area contributed by atoms with Crippen LogP contribution in [0.3, 0.4) is 0 Å². The lowest BCUT2D eigenvalue weighted by Crippen LogP contribution is -2.34. The van der Waals surface area contributed by atoms with Crippen LogP contribution in [0.4, 0.5) is 0 Å². The molecule has 0 atom stereocenters. The van der Waals surface area contributed by atoms with Crippen molar-refractivity contribution in [3.05, 3.63) is 29.8 Å². The average Bonchev–Trinajstić information content (AvgIpc) is 2.30. The number of rotatable bonds is 3. The number of nitrogens with one attached hydrogen (secondary N) is 1. The lowest BCUT2D eigenvalue weighted by molar-refractivity contribution is 0.0999. The van der Waals surface area contributed by atoms with Crippen LogP contribution in [-0.4, -0.2) is 25.1 Å². The van der Waals surface area contributed by atoms with Crippen LogP contribution in [0.2, 0.25) is 0 Å². The zero-order valence-electron chi connectivity index (χ0n) is 9.52. The van der Waals surface area contributed by atoms with Crippen LogP contribution >= 0.6 is 12.4 Å². The van der Waals surface area contributed by atoms with E-state index >= 15 is 0 Å². The lowest BCUT2D eigenvalue weighted by atomic mass is 10.1. The summed E-state index contributed by atoms with van der Waals surface area (Å²) in [6.07, 6.45) is 2.24. The highest BCUT2D eigenvalue weighted by Crippen LogP contribution is 2.17. The summed E-state index contributed by atoms with van der Waals surface area (Å²) in [5.41, 5.74) is 5.70. The van der Waals surface area contributed by atoms with Crippen LogP contribution in [0.15, 0.2) is 24.3 Å². The fourth-order valence-corrected chi connectivity index (χ4v) is 1.83. The fourth-order valence-electron chi connectivity index (χ4n) is 1.83. The number of nitrogens with two attached hydrogens (primary N) is 1. The largest absolute Gasteiger partial charge is 0.490 e.